The molecule has 1 aromatic heterocycles. The summed E-state index contributed by atoms with van der Waals surface area (Å²) in [4.78, 5) is 31.6. The van der Waals surface area contributed by atoms with Crippen molar-refractivity contribution in [2.75, 3.05) is 19.4 Å². The number of anilines is 1. The van der Waals surface area contributed by atoms with Gasteiger partial charge in [-0.3, -0.25) is 14.6 Å². The summed E-state index contributed by atoms with van der Waals surface area (Å²) >= 11 is 1.08. The summed E-state index contributed by atoms with van der Waals surface area (Å²) < 4.78 is 0. The van der Waals surface area contributed by atoms with Crippen molar-refractivity contribution in [3.63, 3.8) is 0 Å². The first-order valence-electron chi connectivity index (χ1n) is 8.11. The van der Waals surface area contributed by atoms with Gasteiger partial charge in [0.2, 0.25) is 0 Å². The number of pyridine rings is 1. The van der Waals surface area contributed by atoms with Crippen molar-refractivity contribution in [2.45, 2.75) is 11.8 Å². The van der Waals surface area contributed by atoms with E-state index in [0.29, 0.717) is 16.1 Å². The molecule has 0 bridgehead atoms. The van der Waals surface area contributed by atoms with Gasteiger partial charge in [0.1, 0.15) is 0 Å². The zero-order valence-corrected chi connectivity index (χ0v) is 15.6. The molecule has 2 aromatic carbocycles. The third-order valence-electron chi connectivity index (χ3n) is 3.79. The topological polar surface area (TPSA) is 62.3 Å². The number of carbonyl (C=O) groups excluding carboxylic acids is 2. The Hall–Kier alpha value is -2.86. The molecule has 26 heavy (non-hydrogen) atoms. The predicted molar refractivity (Wildman–Crippen MR) is 106 cm³/mol. The molecule has 0 fully saturated rings. The third kappa shape index (κ3) is 3.86. The van der Waals surface area contributed by atoms with Crippen LogP contribution in [0, 0.1) is 6.92 Å². The molecule has 0 atom stereocenters. The Morgan fingerprint density at radius 2 is 1.73 bits per heavy atom. The Balaban J connectivity index is 1.93. The summed E-state index contributed by atoms with van der Waals surface area (Å²) in [7, 11) is 3.39. The lowest BCUT2D eigenvalue weighted by molar-refractivity contribution is 0.102. The molecule has 0 saturated carbocycles. The summed E-state index contributed by atoms with van der Waals surface area (Å²) in [5.74, 6) is -0.225. The number of hydrogen-bond donors (Lipinski definition) is 1. The average Bonchev–Trinajstić information content (AvgIpc) is 2.62. The standard InChI is InChI=1S/C20H19N3O2S/c1-13-12-15(14-8-4-5-9-16(14)21-13)19(24)22-17-10-6-7-11-18(17)26-20(25)23(2)3/h4-12H,1-3H3,(H,22,24). The van der Waals surface area contributed by atoms with Gasteiger partial charge in [-0.2, -0.15) is 0 Å². The number of thioether (sulfide) groups is 1. The summed E-state index contributed by atoms with van der Waals surface area (Å²) in [6.45, 7) is 1.86. The van der Waals surface area contributed by atoms with E-state index in [1.54, 1.807) is 26.2 Å². The molecular weight excluding hydrogens is 346 g/mol. The Morgan fingerprint density at radius 1 is 1.04 bits per heavy atom. The number of rotatable bonds is 3. The molecule has 1 N–H and O–H groups in total. The molecule has 0 unspecified atom stereocenters. The second-order valence-corrected chi connectivity index (χ2v) is 7.03. The average molecular weight is 365 g/mol. The zero-order chi connectivity index (χ0) is 18.7. The van der Waals surface area contributed by atoms with Gasteiger partial charge in [0.15, 0.2) is 0 Å². The van der Waals surface area contributed by atoms with E-state index in [9.17, 15) is 9.59 Å². The van der Waals surface area contributed by atoms with Gasteiger partial charge in [0.05, 0.1) is 16.8 Å². The summed E-state index contributed by atoms with van der Waals surface area (Å²) in [6, 6.07) is 16.6. The van der Waals surface area contributed by atoms with Gasteiger partial charge in [-0.1, -0.05) is 30.3 Å². The number of fused-ring (bicyclic) bond motifs is 1. The number of hydrogen-bond acceptors (Lipinski definition) is 4. The monoisotopic (exact) mass is 365 g/mol. The van der Waals surface area contributed by atoms with Crippen LogP contribution in [0.3, 0.4) is 0 Å². The number of nitrogens with zero attached hydrogens (tertiary/aromatic N) is 2. The number of amides is 2. The highest BCUT2D eigenvalue weighted by Crippen LogP contribution is 2.29. The van der Waals surface area contributed by atoms with Gasteiger partial charge < -0.3 is 10.2 Å². The van der Waals surface area contributed by atoms with E-state index in [1.807, 2.05) is 49.4 Å². The van der Waals surface area contributed by atoms with E-state index in [2.05, 4.69) is 10.3 Å². The molecule has 0 aliphatic rings. The van der Waals surface area contributed by atoms with Gasteiger partial charge in [-0.25, -0.2) is 0 Å². The van der Waals surface area contributed by atoms with Crippen molar-refractivity contribution in [1.29, 1.82) is 0 Å². The van der Waals surface area contributed by atoms with Crippen LogP contribution in [-0.2, 0) is 0 Å². The molecule has 3 rings (SSSR count). The van der Waals surface area contributed by atoms with E-state index >= 15 is 0 Å². The molecule has 0 aliphatic heterocycles. The van der Waals surface area contributed by atoms with Crippen LogP contribution in [0.2, 0.25) is 0 Å². The second-order valence-electron chi connectivity index (χ2n) is 6.04. The first kappa shape index (κ1) is 17.9. The van der Waals surface area contributed by atoms with Gasteiger partial charge >= 0.3 is 0 Å². The van der Waals surface area contributed by atoms with Crippen LogP contribution < -0.4 is 5.32 Å². The normalized spacial score (nSPS) is 10.6. The molecule has 3 aromatic rings. The number of nitrogens with one attached hydrogen (secondary N) is 1. The Labute approximate surface area is 156 Å². The first-order valence-corrected chi connectivity index (χ1v) is 8.93. The van der Waals surface area contributed by atoms with E-state index in [4.69, 9.17) is 0 Å². The Morgan fingerprint density at radius 3 is 2.50 bits per heavy atom. The molecule has 1 heterocycles. The highest BCUT2D eigenvalue weighted by atomic mass is 32.2. The zero-order valence-electron chi connectivity index (χ0n) is 14.8. The highest BCUT2D eigenvalue weighted by Gasteiger charge is 2.15. The number of aromatic nitrogens is 1. The van der Waals surface area contributed by atoms with Gasteiger partial charge in [0.25, 0.3) is 11.1 Å². The highest BCUT2D eigenvalue weighted by molar-refractivity contribution is 8.13. The largest absolute Gasteiger partial charge is 0.339 e. The first-order chi connectivity index (χ1) is 12.5. The quantitative estimate of drug-likeness (QED) is 0.691. The maximum Gasteiger partial charge on any atom is 0.286 e. The van der Waals surface area contributed by atoms with Crippen molar-refractivity contribution >= 4 is 39.5 Å². The maximum atomic E-state index is 12.9. The molecule has 0 radical (unpaired) electrons. The SMILES string of the molecule is Cc1cc(C(=O)Nc2ccccc2SC(=O)N(C)C)c2ccccc2n1. The van der Waals surface area contributed by atoms with Gasteiger partial charge in [-0.05, 0) is 43.0 Å². The van der Waals surface area contributed by atoms with Crippen molar-refractivity contribution < 1.29 is 9.59 Å². The minimum Gasteiger partial charge on any atom is -0.339 e. The summed E-state index contributed by atoms with van der Waals surface area (Å²) in [6.07, 6.45) is 0. The minimum absolute atomic E-state index is 0.100. The van der Waals surface area contributed by atoms with Gasteiger partial charge in [-0.15, -0.1) is 0 Å². The molecule has 6 heteroatoms. The molecular formula is C20H19N3O2S. The lowest BCUT2D eigenvalue weighted by atomic mass is 10.1. The fourth-order valence-electron chi connectivity index (χ4n) is 2.53. The summed E-state index contributed by atoms with van der Waals surface area (Å²) in [5, 5.41) is 3.63. The number of carbonyl (C=O) groups is 2. The predicted octanol–water partition coefficient (Wildman–Crippen LogP) is 4.57. The van der Waals surface area contributed by atoms with Crippen LogP contribution in [0.5, 0.6) is 0 Å². The third-order valence-corrected chi connectivity index (χ3v) is 4.90. The molecule has 2 amide bonds. The molecule has 5 nitrogen and oxygen atoms in total. The fraction of sp³-hybridized carbons (Fsp3) is 0.150. The van der Waals surface area contributed by atoms with Crippen LogP contribution in [0.15, 0.2) is 59.5 Å². The molecule has 0 spiro atoms. The smallest absolute Gasteiger partial charge is 0.286 e. The van der Waals surface area contributed by atoms with Crippen molar-refractivity contribution in [2.24, 2.45) is 0 Å². The van der Waals surface area contributed by atoms with Crippen LogP contribution in [0.25, 0.3) is 10.9 Å². The summed E-state index contributed by atoms with van der Waals surface area (Å²) in [5.41, 5.74) is 2.73. The van der Waals surface area contributed by atoms with Crippen LogP contribution >= 0.6 is 11.8 Å². The Kier molecular flexibility index (Phi) is 5.23. The van der Waals surface area contributed by atoms with Crippen molar-refractivity contribution in [3.8, 4) is 0 Å². The lowest BCUT2D eigenvalue weighted by Gasteiger charge is -2.14. The van der Waals surface area contributed by atoms with E-state index < -0.39 is 0 Å². The fourth-order valence-corrected chi connectivity index (χ4v) is 3.28. The maximum absolute atomic E-state index is 12.9. The number of benzene rings is 2. The number of aryl methyl sites for hydroxylation is 1. The van der Waals surface area contributed by atoms with E-state index in [1.165, 1.54) is 4.90 Å². The number of para-hydroxylation sites is 2. The Bertz CT molecular complexity index is 986. The van der Waals surface area contributed by atoms with E-state index in [0.717, 1.165) is 28.4 Å². The van der Waals surface area contributed by atoms with Crippen LogP contribution in [-0.4, -0.2) is 35.1 Å². The molecule has 132 valence electrons. The molecule has 0 saturated heterocycles. The lowest BCUT2D eigenvalue weighted by Crippen LogP contribution is -2.17. The molecule has 0 aliphatic carbocycles. The van der Waals surface area contributed by atoms with Crippen LogP contribution in [0.4, 0.5) is 10.5 Å². The second kappa shape index (κ2) is 7.58. The van der Waals surface area contributed by atoms with Crippen molar-refractivity contribution in [1.82, 2.24) is 9.88 Å². The van der Waals surface area contributed by atoms with E-state index in [-0.39, 0.29) is 11.1 Å². The van der Waals surface area contributed by atoms with Crippen molar-refractivity contribution in [3.05, 3.63) is 65.9 Å². The van der Waals surface area contributed by atoms with Gasteiger partial charge in [0, 0.05) is 30.1 Å². The minimum atomic E-state index is -0.225. The van der Waals surface area contributed by atoms with Crippen LogP contribution in [0.1, 0.15) is 16.1 Å².